The quantitative estimate of drug-likeness (QED) is 0.755. The summed E-state index contributed by atoms with van der Waals surface area (Å²) in [7, 11) is 0. The molecular formula is C16H22ClN3. The molecule has 0 amide bonds. The van der Waals surface area contributed by atoms with Crippen LogP contribution in [-0.4, -0.2) is 14.5 Å². The Morgan fingerprint density at radius 1 is 1.35 bits per heavy atom. The van der Waals surface area contributed by atoms with Crippen LogP contribution in [0.15, 0.2) is 18.3 Å². The number of rotatable bonds is 3. The Hall–Kier alpha value is -1.09. The number of alkyl halides is 1. The van der Waals surface area contributed by atoms with Crippen LogP contribution in [0.3, 0.4) is 0 Å². The van der Waals surface area contributed by atoms with Crippen molar-refractivity contribution in [1.29, 1.82) is 0 Å². The molecule has 3 nitrogen and oxygen atoms in total. The molecule has 0 aliphatic heterocycles. The fourth-order valence-corrected chi connectivity index (χ4v) is 3.55. The summed E-state index contributed by atoms with van der Waals surface area (Å²) < 4.78 is 2.30. The molecule has 2 aromatic heterocycles. The number of fused-ring (bicyclic) bond motifs is 1. The lowest BCUT2D eigenvalue weighted by atomic mass is 9.84. The third kappa shape index (κ3) is 2.44. The van der Waals surface area contributed by atoms with Crippen LogP contribution in [0.1, 0.15) is 63.2 Å². The van der Waals surface area contributed by atoms with E-state index in [-0.39, 0.29) is 5.38 Å². The molecule has 1 atom stereocenters. The molecule has 4 heteroatoms. The Morgan fingerprint density at radius 2 is 2.10 bits per heavy atom. The van der Waals surface area contributed by atoms with E-state index in [1.165, 1.54) is 32.1 Å². The van der Waals surface area contributed by atoms with Crippen LogP contribution in [0.4, 0.5) is 0 Å². The summed E-state index contributed by atoms with van der Waals surface area (Å²) in [6.07, 6.45) is 8.21. The van der Waals surface area contributed by atoms with Crippen molar-refractivity contribution in [1.82, 2.24) is 14.5 Å². The van der Waals surface area contributed by atoms with Crippen LogP contribution in [0.5, 0.6) is 0 Å². The maximum atomic E-state index is 6.34. The Kier molecular flexibility index (Phi) is 3.97. The third-order valence-corrected chi connectivity index (χ3v) is 4.79. The van der Waals surface area contributed by atoms with E-state index in [0.717, 1.165) is 22.9 Å². The van der Waals surface area contributed by atoms with Gasteiger partial charge in [0, 0.05) is 12.2 Å². The van der Waals surface area contributed by atoms with Gasteiger partial charge in [-0.2, -0.15) is 0 Å². The summed E-state index contributed by atoms with van der Waals surface area (Å²) in [6.45, 7) is 4.29. The van der Waals surface area contributed by atoms with E-state index in [0.29, 0.717) is 6.04 Å². The first kappa shape index (κ1) is 13.9. The van der Waals surface area contributed by atoms with Gasteiger partial charge in [-0.3, -0.25) is 0 Å². The lowest BCUT2D eigenvalue weighted by Crippen LogP contribution is -2.20. The number of imidazole rings is 1. The molecule has 0 N–H and O–H groups in total. The fraction of sp³-hybridized carbons (Fsp3) is 0.625. The molecule has 108 valence electrons. The van der Waals surface area contributed by atoms with Crippen LogP contribution in [0.25, 0.3) is 11.2 Å². The van der Waals surface area contributed by atoms with Crippen LogP contribution in [0, 0.1) is 5.92 Å². The normalized spacial score (nSPS) is 24.9. The van der Waals surface area contributed by atoms with E-state index in [1.807, 2.05) is 25.3 Å². The fourth-order valence-electron chi connectivity index (χ4n) is 3.40. The van der Waals surface area contributed by atoms with Crippen LogP contribution >= 0.6 is 11.6 Å². The van der Waals surface area contributed by atoms with E-state index in [2.05, 4.69) is 16.5 Å². The second kappa shape index (κ2) is 5.72. The number of aromatic nitrogens is 3. The van der Waals surface area contributed by atoms with Crippen molar-refractivity contribution in [3.63, 3.8) is 0 Å². The van der Waals surface area contributed by atoms with Gasteiger partial charge in [0.25, 0.3) is 0 Å². The zero-order valence-electron chi connectivity index (χ0n) is 12.2. The van der Waals surface area contributed by atoms with E-state index in [1.54, 1.807) is 0 Å². The molecule has 1 aliphatic rings. The number of nitrogens with zero attached hydrogens (tertiary/aromatic N) is 3. The molecule has 1 unspecified atom stereocenters. The second-order valence-corrected chi connectivity index (χ2v) is 6.54. The summed E-state index contributed by atoms with van der Waals surface area (Å²) in [5.41, 5.74) is 1.96. The van der Waals surface area contributed by atoms with Gasteiger partial charge in [0.05, 0.1) is 5.38 Å². The minimum Gasteiger partial charge on any atom is -0.308 e. The van der Waals surface area contributed by atoms with Crippen molar-refractivity contribution >= 4 is 22.8 Å². The molecule has 0 spiro atoms. The molecule has 1 saturated carbocycles. The molecule has 0 radical (unpaired) electrons. The lowest BCUT2D eigenvalue weighted by molar-refractivity contribution is 0.269. The summed E-state index contributed by atoms with van der Waals surface area (Å²) in [5.74, 6) is 1.87. The first-order chi connectivity index (χ1) is 9.70. The molecule has 2 heterocycles. The van der Waals surface area contributed by atoms with Crippen LogP contribution in [0.2, 0.25) is 0 Å². The molecular weight excluding hydrogens is 270 g/mol. The maximum Gasteiger partial charge on any atom is 0.160 e. The van der Waals surface area contributed by atoms with Crippen molar-refractivity contribution in [3.05, 3.63) is 24.2 Å². The minimum absolute atomic E-state index is 0.0758. The Balaban J connectivity index is 1.99. The zero-order valence-corrected chi connectivity index (χ0v) is 13.0. The van der Waals surface area contributed by atoms with E-state index in [4.69, 9.17) is 16.6 Å². The highest BCUT2D eigenvalue weighted by atomic mass is 35.5. The Labute approximate surface area is 125 Å². The standard InChI is InChI=1S/C16H22ClN3/c1-3-12-6-8-13(9-7-12)20-15(11(2)17)19-14-5-4-10-18-16(14)20/h4-5,10-13H,3,6-9H2,1-2H3. The first-order valence-electron chi connectivity index (χ1n) is 7.67. The van der Waals surface area contributed by atoms with Crippen LogP contribution < -0.4 is 0 Å². The van der Waals surface area contributed by atoms with Crippen molar-refractivity contribution in [2.45, 2.75) is 57.4 Å². The summed E-state index contributed by atoms with van der Waals surface area (Å²) in [5, 5.41) is -0.0758. The van der Waals surface area contributed by atoms with Crippen LogP contribution in [-0.2, 0) is 0 Å². The van der Waals surface area contributed by atoms with Gasteiger partial charge in [-0.25, -0.2) is 9.97 Å². The molecule has 0 bridgehead atoms. The average molecular weight is 292 g/mol. The lowest BCUT2D eigenvalue weighted by Gasteiger charge is -2.30. The highest BCUT2D eigenvalue weighted by Crippen LogP contribution is 2.37. The summed E-state index contributed by atoms with van der Waals surface area (Å²) >= 11 is 6.34. The molecule has 1 fully saturated rings. The van der Waals surface area contributed by atoms with Gasteiger partial charge in [-0.05, 0) is 50.7 Å². The number of hydrogen-bond acceptors (Lipinski definition) is 2. The summed E-state index contributed by atoms with van der Waals surface area (Å²) in [6, 6.07) is 4.48. The van der Waals surface area contributed by atoms with E-state index < -0.39 is 0 Å². The minimum atomic E-state index is -0.0758. The Morgan fingerprint density at radius 3 is 2.75 bits per heavy atom. The number of halogens is 1. The highest BCUT2D eigenvalue weighted by molar-refractivity contribution is 6.20. The monoisotopic (exact) mass is 291 g/mol. The zero-order chi connectivity index (χ0) is 14.1. The van der Waals surface area contributed by atoms with Gasteiger partial charge < -0.3 is 4.57 Å². The summed E-state index contributed by atoms with van der Waals surface area (Å²) in [4.78, 5) is 9.24. The smallest absolute Gasteiger partial charge is 0.160 e. The number of pyridine rings is 1. The molecule has 0 aromatic carbocycles. The number of hydrogen-bond donors (Lipinski definition) is 0. The van der Waals surface area contributed by atoms with Gasteiger partial charge in [0.1, 0.15) is 11.3 Å². The largest absolute Gasteiger partial charge is 0.308 e. The first-order valence-corrected chi connectivity index (χ1v) is 8.11. The van der Waals surface area contributed by atoms with Crippen molar-refractivity contribution in [2.24, 2.45) is 5.92 Å². The topological polar surface area (TPSA) is 30.7 Å². The van der Waals surface area contributed by atoms with Gasteiger partial charge in [-0.15, -0.1) is 11.6 Å². The van der Waals surface area contributed by atoms with Gasteiger partial charge >= 0.3 is 0 Å². The highest BCUT2D eigenvalue weighted by Gasteiger charge is 2.26. The van der Waals surface area contributed by atoms with Crippen molar-refractivity contribution in [3.8, 4) is 0 Å². The third-order valence-electron chi connectivity index (χ3n) is 4.59. The van der Waals surface area contributed by atoms with Gasteiger partial charge in [0.15, 0.2) is 5.65 Å². The molecule has 1 aliphatic carbocycles. The maximum absolute atomic E-state index is 6.34. The molecule has 2 aromatic rings. The second-order valence-electron chi connectivity index (χ2n) is 5.88. The van der Waals surface area contributed by atoms with E-state index >= 15 is 0 Å². The Bertz CT molecular complexity index is 582. The average Bonchev–Trinajstić information content (AvgIpc) is 2.87. The van der Waals surface area contributed by atoms with Gasteiger partial charge in [0.2, 0.25) is 0 Å². The molecule has 20 heavy (non-hydrogen) atoms. The predicted octanol–water partition coefficient (Wildman–Crippen LogP) is 4.87. The molecule has 0 saturated heterocycles. The molecule has 3 rings (SSSR count). The van der Waals surface area contributed by atoms with Gasteiger partial charge in [-0.1, -0.05) is 13.3 Å². The van der Waals surface area contributed by atoms with E-state index in [9.17, 15) is 0 Å². The van der Waals surface area contributed by atoms with Crippen molar-refractivity contribution < 1.29 is 0 Å². The SMILES string of the molecule is CCC1CCC(n2c(C(C)Cl)nc3cccnc32)CC1. The van der Waals surface area contributed by atoms with Crippen molar-refractivity contribution in [2.75, 3.05) is 0 Å². The predicted molar refractivity (Wildman–Crippen MR) is 83.1 cm³/mol.